The third-order valence-corrected chi connectivity index (χ3v) is 4.05. The van der Waals surface area contributed by atoms with Crippen LogP contribution in [-0.4, -0.2) is 146 Å². The second kappa shape index (κ2) is 28.8. The van der Waals surface area contributed by atoms with Gasteiger partial charge in [0.05, 0.1) is 132 Å². The summed E-state index contributed by atoms with van der Waals surface area (Å²) in [6, 6.07) is 0. The Morgan fingerprint density at radius 3 is 0.412 bits per heavy atom. The van der Waals surface area contributed by atoms with Gasteiger partial charge in [-0.25, -0.2) is 0 Å². The van der Waals surface area contributed by atoms with E-state index in [0.29, 0.717) is 132 Å². The van der Waals surface area contributed by atoms with Crippen molar-refractivity contribution in [3.8, 4) is 0 Å². The first-order chi connectivity index (χ1) is 17.0. The van der Waals surface area contributed by atoms with E-state index in [-0.39, 0.29) is 13.6 Å². The molecule has 0 amide bonds. The Morgan fingerprint density at radius 1 is 0.147 bits per heavy atom. The fourth-order valence-corrected chi connectivity index (χ4v) is 2.35. The van der Waals surface area contributed by atoms with Crippen molar-refractivity contribution in [2.24, 2.45) is 0 Å². The van der Waals surface area contributed by atoms with Crippen LogP contribution in [0.1, 0.15) is 0 Å². The Balaban J connectivity index is 2.00. The summed E-state index contributed by atoms with van der Waals surface area (Å²) < 4.78 is 64.7. The number of hydrogen-bond acceptors (Lipinski definition) is 12. The molecule has 0 spiro atoms. The predicted octanol–water partition coefficient (Wildman–Crippen LogP) is 0.114. The normalized spacial score (nSPS) is 24.0. The number of rotatable bonds is 0. The maximum absolute atomic E-state index is 5.43. The highest BCUT2D eigenvalue weighted by atomic mass is 16.7. The average Bonchev–Trinajstić information content (AvgIpc) is 2.85. The van der Waals surface area contributed by atoms with Crippen LogP contribution in [0.2, 0.25) is 0 Å². The van der Waals surface area contributed by atoms with E-state index in [2.05, 4.69) is 0 Å². The molecule has 12 nitrogen and oxygen atoms in total. The summed E-state index contributed by atoms with van der Waals surface area (Å²) in [5.74, 6) is 0. The molecule has 0 N–H and O–H groups in total. The van der Waals surface area contributed by atoms with E-state index in [9.17, 15) is 0 Å². The first-order valence-corrected chi connectivity index (χ1v) is 11.9. The molecule has 204 valence electrons. The van der Waals surface area contributed by atoms with Crippen molar-refractivity contribution in [2.45, 2.75) is 0 Å². The van der Waals surface area contributed by atoms with Crippen LogP contribution >= 0.6 is 0 Å². The summed E-state index contributed by atoms with van der Waals surface area (Å²) in [4.78, 5) is 0. The van der Waals surface area contributed by atoms with Gasteiger partial charge in [-0.15, -0.1) is 0 Å². The quantitative estimate of drug-likeness (QED) is 0.450. The van der Waals surface area contributed by atoms with E-state index >= 15 is 0 Å². The zero-order chi connectivity index (χ0) is 24.0. The molecule has 0 aromatic heterocycles. The van der Waals surface area contributed by atoms with Crippen LogP contribution in [0.15, 0.2) is 0 Å². The van der Waals surface area contributed by atoms with Gasteiger partial charge in [0.15, 0.2) is 0 Å². The van der Waals surface area contributed by atoms with E-state index in [1.54, 1.807) is 0 Å². The molecule has 1 aliphatic heterocycles. The highest BCUT2D eigenvalue weighted by Crippen LogP contribution is 1.88. The summed E-state index contributed by atoms with van der Waals surface area (Å²) in [5, 5.41) is 0. The third kappa shape index (κ3) is 26.1. The van der Waals surface area contributed by atoms with Gasteiger partial charge in [-0.05, 0) is 0 Å². The molecule has 0 atom stereocenters. The molecule has 12 heteroatoms. The minimum Gasteiger partial charge on any atom is -0.377 e. The maximum Gasteiger partial charge on any atom is 0.146 e. The molecule has 1 aliphatic rings. The van der Waals surface area contributed by atoms with Crippen molar-refractivity contribution in [2.75, 3.05) is 146 Å². The van der Waals surface area contributed by atoms with E-state index in [4.69, 9.17) is 56.8 Å². The zero-order valence-corrected chi connectivity index (χ0v) is 20.5. The number of ether oxygens (including phenoxy) is 12. The van der Waals surface area contributed by atoms with Crippen LogP contribution in [0.25, 0.3) is 0 Å². The van der Waals surface area contributed by atoms with Crippen molar-refractivity contribution in [1.82, 2.24) is 0 Å². The molecule has 34 heavy (non-hydrogen) atoms. The predicted molar refractivity (Wildman–Crippen MR) is 120 cm³/mol. The molecule has 0 radical (unpaired) electrons. The highest BCUT2D eigenvalue weighted by Gasteiger charge is 1.97. The van der Waals surface area contributed by atoms with Gasteiger partial charge in [-0.1, -0.05) is 0 Å². The van der Waals surface area contributed by atoms with Crippen LogP contribution in [-0.2, 0) is 56.8 Å². The molecular formula is C22H44O12. The van der Waals surface area contributed by atoms with Gasteiger partial charge in [0.1, 0.15) is 13.6 Å². The molecule has 0 aromatic rings. The van der Waals surface area contributed by atoms with Gasteiger partial charge in [-0.3, -0.25) is 0 Å². The molecule has 1 saturated heterocycles. The summed E-state index contributed by atoms with van der Waals surface area (Å²) >= 11 is 0. The number of hydrogen-bond donors (Lipinski definition) is 0. The lowest BCUT2D eigenvalue weighted by atomic mass is 10.7. The van der Waals surface area contributed by atoms with E-state index in [0.717, 1.165) is 0 Å². The fourth-order valence-electron chi connectivity index (χ4n) is 2.35. The van der Waals surface area contributed by atoms with Gasteiger partial charge in [0, 0.05) is 0 Å². The van der Waals surface area contributed by atoms with Crippen LogP contribution in [0, 0.1) is 0 Å². The largest absolute Gasteiger partial charge is 0.377 e. The van der Waals surface area contributed by atoms with E-state index in [1.807, 2.05) is 0 Å². The van der Waals surface area contributed by atoms with Crippen molar-refractivity contribution in [3.05, 3.63) is 0 Å². The lowest BCUT2D eigenvalue weighted by Crippen LogP contribution is -2.16. The Labute approximate surface area is 203 Å². The average molecular weight is 501 g/mol. The standard InChI is InChI=1S/C22H44O12/c1-3-24-5-9-27-13-17-31-21-33-19-15-29-11-7-26-8-12-30-16-20-34-22-32-18-14-28-10-6-25-4-2-23-1/h1-22H2. The Hall–Kier alpha value is -0.480. The maximum atomic E-state index is 5.43. The Morgan fingerprint density at radius 2 is 0.265 bits per heavy atom. The van der Waals surface area contributed by atoms with Crippen LogP contribution in [0.3, 0.4) is 0 Å². The molecular weight excluding hydrogens is 456 g/mol. The summed E-state index contributed by atoms with van der Waals surface area (Å²) in [7, 11) is 0. The van der Waals surface area contributed by atoms with Gasteiger partial charge in [-0.2, -0.15) is 0 Å². The van der Waals surface area contributed by atoms with Crippen LogP contribution in [0.5, 0.6) is 0 Å². The summed E-state index contributed by atoms with van der Waals surface area (Å²) in [5.41, 5.74) is 0. The van der Waals surface area contributed by atoms with Crippen molar-refractivity contribution in [1.29, 1.82) is 0 Å². The van der Waals surface area contributed by atoms with E-state index in [1.165, 1.54) is 0 Å². The smallest absolute Gasteiger partial charge is 0.146 e. The highest BCUT2D eigenvalue weighted by molar-refractivity contribution is 4.38. The molecule has 0 unspecified atom stereocenters. The van der Waals surface area contributed by atoms with Gasteiger partial charge in [0.2, 0.25) is 0 Å². The summed E-state index contributed by atoms with van der Waals surface area (Å²) in [6.07, 6.45) is 0. The van der Waals surface area contributed by atoms with Gasteiger partial charge >= 0.3 is 0 Å². The van der Waals surface area contributed by atoms with Crippen LogP contribution in [0.4, 0.5) is 0 Å². The minimum atomic E-state index is 0.209. The first-order valence-electron chi connectivity index (χ1n) is 11.9. The van der Waals surface area contributed by atoms with E-state index < -0.39 is 0 Å². The van der Waals surface area contributed by atoms with Crippen molar-refractivity contribution >= 4 is 0 Å². The SMILES string of the molecule is C1COCCOCCOCOCCOCCOCCOCCOCOCCOCCOCCO1. The minimum absolute atomic E-state index is 0.209. The molecule has 0 saturated carbocycles. The van der Waals surface area contributed by atoms with Crippen molar-refractivity contribution < 1.29 is 56.8 Å². The van der Waals surface area contributed by atoms with Gasteiger partial charge in [0.25, 0.3) is 0 Å². The second-order valence-corrected chi connectivity index (χ2v) is 6.77. The topological polar surface area (TPSA) is 111 Å². The van der Waals surface area contributed by atoms with Gasteiger partial charge < -0.3 is 56.8 Å². The Bertz CT molecular complexity index is 205. The van der Waals surface area contributed by atoms with Crippen molar-refractivity contribution in [3.63, 3.8) is 0 Å². The first kappa shape index (κ1) is 31.5. The molecule has 0 aliphatic carbocycles. The molecule has 1 rings (SSSR count). The molecule has 1 heterocycles. The molecule has 1 fully saturated rings. The lowest BCUT2D eigenvalue weighted by Gasteiger charge is -2.09. The Kier molecular flexibility index (Phi) is 26.7. The monoisotopic (exact) mass is 500 g/mol. The zero-order valence-electron chi connectivity index (χ0n) is 20.5. The molecule has 0 aromatic carbocycles. The fraction of sp³-hybridized carbons (Fsp3) is 1.00. The third-order valence-electron chi connectivity index (χ3n) is 4.05. The second-order valence-electron chi connectivity index (χ2n) is 6.77. The van der Waals surface area contributed by atoms with Crippen LogP contribution < -0.4 is 0 Å². The molecule has 0 bridgehead atoms. The summed E-state index contributed by atoms with van der Waals surface area (Å²) in [6.45, 7) is 10.3. The lowest BCUT2D eigenvalue weighted by molar-refractivity contribution is -0.0897.